The van der Waals surface area contributed by atoms with Crippen molar-refractivity contribution < 1.29 is 19.1 Å². The van der Waals surface area contributed by atoms with Crippen LogP contribution in [0.25, 0.3) is 0 Å². The van der Waals surface area contributed by atoms with Gasteiger partial charge in [0, 0.05) is 11.8 Å². The van der Waals surface area contributed by atoms with Crippen LogP contribution in [0.1, 0.15) is 78.6 Å². The molecule has 6 fully saturated rings. The lowest BCUT2D eigenvalue weighted by atomic mass is 9.40. The molecule has 5 heteroatoms. The highest BCUT2D eigenvalue weighted by molar-refractivity contribution is 9.10. The average Bonchev–Trinajstić information content (AvgIpc) is 3.08. The summed E-state index contributed by atoms with van der Waals surface area (Å²) in [6.07, 6.45) is 9.73. The summed E-state index contributed by atoms with van der Waals surface area (Å²) in [4.78, 5) is 25.8. The highest BCUT2D eigenvalue weighted by Gasteiger charge is 2.77. The predicted octanol–water partition coefficient (Wildman–Crippen LogP) is 5.31. The number of Topliss-reactive ketones (excluding diaryl/α,β-unsaturated/α-hetero) is 1. The topological polar surface area (TPSA) is 52.6 Å². The Hall–Kier alpha value is -0.420. The third-order valence-electron chi connectivity index (χ3n) is 10.7. The molecule has 4 aliphatic carbocycles. The summed E-state index contributed by atoms with van der Waals surface area (Å²) in [6, 6.07) is 0. The van der Waals surface area contributed by atoms with Gasteiger partial charge in [-0.3, -0.25) is 9.59 Å². The Morgan fingerprint density at radius 3 is 2.67 bits per heavy atom. The molecule has 4 nitrogen and oxygen atoms in total. The molecule has 4 saturated carbocycles. The number of fused-ring (bicyclic) bond motifs is 3. The number of esters is 1. The Balaban J connectivity index is 1.49. The Bertz CT molecular complexity index is 753. The molecule has 0 N–H and O–H groups in total. The van der Waals surface area contributed by atoms with Gasteiger partial charge in [-0.05, 0) is 86.4 Å². The molecule has 30 heavy (non-hydrogen) atoms. The van der Waals surface area contributed by atoms with Crippen molar-refractivity contribution in [1.29, 1.82) is 0 Å². The van der Waals surface area contributed by atoms with Gasteiger partial charge < -0.3 is 9.47 Å². The monoisotopic (exact) mass is 480 g/mol. The average molecular weight is 481 g/mol. The molecule has 6 aliphatic rings. The van der Waals surface area contributed by atoms with Gasteiger partial charge in [0.15, 0.2) is 5.78 Å². The maximum Gasteiger partial charge on any atom is 0.305 e. The smallest absolute Gasteiger partial charge is 0.305 e. The summed E-state index contributed by atoms with van der Waals surface area (Å²) in [5.41, 5.74) is -0.630. The van der Waals surface area contributed by atoms with Crippen LogP contribution in [0, 0.1) is 40.4 Å². The molecule has 0 aromatic rings. The van der Waals surface area contributed by atoms with Crippen molar-refractivity contribution in [1.82, 2.24) is 0 Å². The molecule has 6 rings (SSSR count). The molecule has 0 unspecified atom stereocenters. The Morgan fingerprint density at radius 2 is 1.93 bits per heavy atom. The van der Waals surface area contributed by atoms with E-state index in [0.29, 0.717) is 41.8 Å². The van der Waals surface area contributed by atoms with Gasteiger partial charge in [0.25, 0.3) is 0 Å². The molecule has 168 valence electrons. The van der Waals surface area contributed by atoms with Crippen molar-refractivity contribution in [2.24, 2.45) is 40.4 Å². The number of hydrogen-bond donors (Lipinski definition) is 0. The van der Waals surface area contributed by atoms with E-state index < -0.39 is 5.60 Å². The number of halogens is 1. The van der Waals surface area contributed by atoms with Crippen LogP contribution in [0.5, 0.6) is 0 Å². The molecule has 10 atom stereocenters. The van der Waals surface area contributed by atoms with Crippen LogP contribution < -0.4 is 0 Å². The van der Waals surface area contributed by atoms with E-state index in [-0.39, 0.29) is 27.7 Å². The van der Waals surface area contributed by atoms with Gasteiger partial charge in [-0.1, -0.05) is 36.7 Å². The molecular weight excluding hydrogens is 444 g/mol. The summed E-state index contributed by atoms with van der Waals surface area (Å²) >= 11 is 3.98. The molecule has 2 aliphatic heterocycles. The first-order valence-electron chi connectivity index (χ1n) is 12.1. The van der Waals surface area contributed by atoms with Gasteiger partial charge in [0.1, 0.15) is 5.60 Å². The maximum atomic E-state index is 14.3. The zero-order valence-electron chi connectivity index (χ0n) is 18.9. The molecule has 2 saturated heterocycles. The fraction of sp³-hybridized carbons (Fsp3) is 0.920. The lowest BCUT2D eigenvalue weighted by Crippen LogP contribution is -2.77. The SMILES string of the molecule is COC(=O)CC[C@H](C)[C@H]1CC[C@H]2[C@@H]3CC[C@H]4C[C@H]5CC[C@]4(C)[C@@]3(O5)C(=O)[C@H](Br)[C@]12C. The normalized spacial score (nSPS) is 52.5. The second-order valence-electron chi connectivity index (χ2n) is 11.5. The lowest BCUT2D eigenvalue weighted by Gasteiger charge is -2.71. The highest BCUT2D eigenvalue weighted by Crippen LogP contribution is 2.73. The quantitative estimate of drug-likeness (QED) is 0.404. The van der Waals surface area contributed by atoms with E-state index in [1.165, 1.54) is 20.0 Å². The summed E-state index contributed by atoms with van der Waals surface area (Å²) in [7, 11) is 1.46. The highest BCUT2D eigenvalue weighted by atomic mass is 79.9. The minimum Gasteiger partial charge on any atom is -0.469 e. The molecule has 0 radical (unpaired) electrons. The van der Waals surface area contributed by atoms with Gasteiger partial charge in [0.05, 0.1) is 18.0 Å². The predicted molar refractivity (Wildman–Crippen MR) is 118 cm³/mol. The molecule has 1 spiro atoms. The zero-order chi connectivity index (χ0) is 21.5. The number of hydrogen-bond acceptors (Lipinski definition) is 4. The van der Waals surface area contributed by atoms with Crippen LogP contribution in [-0.4, -0.2) is 35.4 Å². The first-order chi connectivity index (χ1) is 14.2. The Kier molecular flexibility index (Phi) is 5.03. The number of alkyl halides is 1. The van der Waals surface area contributed by atoms with Gasteiger partial charge in [-0.2, -0.15) is 0 Å². The summed E-state index contributed by atoms with van der Waals surface area (Å²) < 4.78 is 11.7. The van der Waals surface area contributed by atoms with Crippen LogP contribution in [0.2, 0.25) is 0 Å². The molecule has 0 amide bonds. The minimum absolute atomic E-state index is 0.00366. The number of rotatable bonds is 4. The fourth-order valence-corrected chi connectivity index (χ4v) is 10.2. The van der Waals surface area contributed by atoms with Crippen molar-refractivity contribution in [2.45, 2.75) is 95.1 Å². The largest absolute Gasteiger partial charge is 0.469 e. The first kappa shape index (κ1) is 21.4. The van der Waals surface area contributed by atoms with E-state index in [9.17, 15) is 9.59 Å². The standard InChI is InChI=1S/C25H37BrO4/c1-14(5-10-20(27)29-4)17-8-9-18-19-7-6-15-13-16-11-12-23(15,2)25(19,30-16)22(28)21(26)24(17,18)3/h14-19,21H,5-13H2,1-4H3/t14-,15-,16+,17+,18-,19-,21-,23-,24+,25-/m0/s1. The number of ether oxygens (including phenoxy) is 2. The maximum absolute atomic E-state index is 14.3. The molecule has 0 aromatic carbocycles. The number of carbonyl (C=O) groups excluding carboxylic acids is 2. The Labute approximate surface area is 189 Å². The van der Waals surface area contributed by atoms with Crippen LogP contribution >= 0.6 is 15.9 Å². The molecular formula is C25H37BrO4. The Morgan fingerprint density at radius 1 is 1.20 bits per heavy atom. The van der Waals surface area contributed by atoms with E-state index in [4.69, 9.17) is 9.47 Å². The van der Waals surface area contributed by atoms with Gasteiger partial charge in [-0.15, -0.1) is 0 Å². The van der Waals surface area contributed by atoms with Crippen molar-refractivity contribution >= 4 is 27.7 Å². The third-order valence-corrected chi connectivity index (χ3v) is 12.1. The van der Waals surface area contributed by atoms with Crippen LogP contribution in [-0.2, 0) is 19.1 Å². The van der Waals surface area contributed by atoms with E-state index in [1.54, 1.807) is 0 Å². The van der Waals surface area contributed by atoms with Crippen molar-refractivity contribution in [3.05, 3.63) is 0 Å². The molecule has 4 bridgehead atoms. The van der Waals surface area contributed by atoms with E-state index in [2.05, 4.69) is 36.7 Å². The number of ketones is 1. The minimum atomic E-state index is -0.570. The summed E-state index contributed by atoms with van der Waals surface area (Å²) in [5.74, 6) is 2.57. The summed E-state index contributed by atoms with van der Waals surface area (Å²) in [6.45, 7) is 7.02. The van der Waals surface area contributed by atoms with E-state index in [0.717, 1.165) is 38.5 Å². The van der Waals surface area contributed by atoms with Crippen LogP contribution in [0.3, 0.4) is 0 Å². The van der Waals surface area contributed by atoms with Crippen LogP contribution in [0.4, 0.5) is 0 Å². The summed E-state index contributed by atoms with van der Waals surface area (Å²) in [5, 5.41) is 0. The van der Waals surface area contributed by atoms with E-state index in [1.807, 2.05) is 0 Å². The fourth-order valence-electron chi connectivity index (χ4n) is 9.18. The zero-order valence-corrected chi connectivity index (χ0v) is 20.5. The molecule has 0 aromatic heterocycles. The lowest BCUT2D eigenvalue weighted by molar-refractivity contribution is -0.306. The van der Waals surface area contributed by atoms with Crippen molar-refractivity contribution in [2.75, 3.05) is 7.11 Å². The van der Waals surface area contributed by atoms with Crippen molar-refractivity contribution in [3.63, 3.8) is 0 Å². The van der Waals surface area contributed by atoms with Gasteiger partial charge >= 0.3 is 5.97 Å². The first-order valence-corrected chi connectivity index (χ1v) is 13.0. The third kappa shape index (κ3) is 2.48. The second kappa shape index (κ2) is 7.04. The number of methoxy groups -OCH3 is 1. The van der Waals surface area contributed by atoms with E-state index >= 15 is 0 Å². The van der Waals surface area contributed by atoms with Crippen molar-refractivity contribution in [3.8, 4) is 0 Å². The van der Waals surface area contributed by atoms with Gasteiger partial charge in [-0.25, -0.2) is 0 Å². The van der Waals surface area contributed by atoms with Crippen LogP contribution in [0.15, 0.2) is 0 Å². The van der Waals surface area contributed by atoms with Gasteiger partial charge in [0.2, 0.25) is 0 Å². The second-order valence-corrected chi connectivity index (χ2v) is 12.4. The number of carbonyl (C=O) groups is 2. The molecule has 2 heterocycles.